The molecule has 0 spiro atoms. The van der Waals surface area contributed by atoms with Gasteiger partial charge in [0.15, 0.2) is 0 Å². The van der Waals surface area contributed by atoms with Crippen LogP contribution in [0.15, 0.2) is 53.8 Å². The molecule has 0 unspecified atom stereocenters. The fourth-order valence-corrected chi connectivity index (χ4v) is 2.35. The summed E-state index contributed by atoms with van der Waals surface area (Å²) in [6.07, 6.45) is 5.49. The predicted molar refractivity (Wildman–Crippen MR) is 87.0 cm³/mol. The molecule has 0 saturated carbocycles. The molecule has 1 aromatic rings. The van der Waals surface area contributed by atoms with E-state index in [1.54, 1.807) is 0 Å². The van der Waals surface area contributed by atoms with Crippen LogP contribution in [-0.4, -0.2) is 14.7 Å². The molecule has 0 heterocycles. The molecule has 0 amide bonds. The van der Waals surface area contributed by atoms with Gasteiger partial charge in [-0.05, 0) is 18.9 Å². The van der Waals surface area contributed by atoms with Gasteiger partial charge in [-0.15, -0.1) is 0 Å². The van der Waals surface area contributed by atoms with E-state index in [1.165, 1.54) is 11.1 Å². The summed E-state index contributed by atoms with van der Waals surface area (Å²) in [5, 5.41) is 0. The van der Waals surface area contributed by atoms with Gasteiger partial charge in [-0.3, -0.25) is 0 Å². The molecule has 0 aromatic heterocycles. The first kappa shape index (κ1) is 15.9. The summed E-state index contributed by atoms with van der Waals surface area (Å²) in [7, 11) is -1.07. The number of ether oxygens (including phenoxy) is 1. The van der Waals surface area contributed by atoms with Gasteiger partial charge in [0.2, 0.25) is 0 Å². The van der Waals surface area contributed by atoms with Gasteiger partial charge in [0, 0.05) is 0 Å². The molecule has 1 nitrogen and oxygen atoms in total. The van der Waals surface area contributed by atoms with Crippen molar-refractivity contribution in [2.75, 3.05) is 6.61 Å². The molecule has 0 N–H and O–H groups in total. The van der Waals surface area contributed by atoms with E-state index in [9.17, 15) is 0 Å². The first-order valence-corrected chi connectivity index (χ1v) is 10.5. The predicted octanol–water partition coefficient (Wildman–Crippen LogP) is 4.97. The number of allylic oxidation sites excluding steroid dienone is 2. The highest BCUT2D eigenvalue weighted by molar-refractivity contribution is 6.81. The van der Waals surface area contributed by atoms with Crippen LogP contribution in [0.3, 0.4) is 0 Å². The van der Waals surface area contributed by atoms with E-state index in [0.29, 0.717) is 6.61 Å². The summed E-state index contributed by atoms with van der Waals surface area (Å²) in [5.41, 5.74) is 4.96. The minimum Gasteiger partial charge on any atom is -0.376 e. The van der Waals surface area contributed by atoms with E-state index in [2.05, 4.69) is 56.5 Å². The van der Waals surface area contributed by atoms with Crippen LogP contribution in [0.25, 0.3) is 0 Å². The largest absolute Gasteiger partial charge is 0.376 e. The van der Waals surface area contributed by atoms with Crippen molar-refractivity contribution in [2.45, 2.75) is 39.6 Å². The summed E-state index contributed by atoms with van der Waals surface area (Å²) < 4.78 is 5.66. The van der Waals surface area contributed by atoms with E-state index >= 15 is 0 Å². The zero-order valence-electron chi connectivity index (χ0n) is 12.6. The van der Waals surface area contributed by atoms with Crippen molar-refractivity contribution in [1.82, 2.24) is 0 Å². The Morgan fingerprint density at radius 1 is 1.16 bits per heavy atom. The molecule has 2 heteroatoms. The minimum absolute atomic E-state index is 0.707. The summed E-state index contributed by atoms with van der Waals surface area (Å²) >= 11 is 0. The van der Waals surface area contributed by atoms with Crippen LogP contribution in [0, 0.1) is 0 Å². The van der Waals surface area contributed by atoms with Gasteiger partial charge in [-0.2, -0.15) is 0 Å². The molecule has 0 aliphatic carbocycles. The third-order valence-electron chi connectivity index (χ3n) is 2.69. The monoisotopic (exact) mass is 274 g/mol. The standard InChI is InChI=1S/C17H26OSi/c1-16(12-14-19(2,3)4)9-8-13-18-15-17-10-6-5-7-11-17/h5-7,9-12,14H,8,13,15H2,1-4H3/b14-12+,16-9+. The lowest BCUT2D eigenvalue weighted by Crippen LogP contribution is -2.15. The Morgan fingerprint density at radius 3 is 2.47 bits per heavy atom. The smallest absolute Gasteiger partial charge is 0.0717 e. The summed E-state index contributed by atoms with van der Waals surface area (Å²) in [6.45, 7) is 10.7. The average molecular weight is 274 g/mol. The van der Waals surface area contributed by atoms with Crippen LogP contribution in [0.1, 0.15) is 18.9 Å². The molecular weight excluding hydrogens is 248 g/mol. The van der Waals surface area contributed by atoms with Crippen LogP contribution < -0.4 is 0 Å². The quantitative estimate of drug-likeness (QED) is 0.387. The van der Waals surface area contributed by atoms with Crippen molar-refractivity contribution in [1.29, 1.82) is 0 Å². The molecule has 0 aliphatic rings. The Morgan fingerprint density at radius 2 is 1.84 bits per heavy atom. The normalized spacial score (nSPS) is 13.2. The zero-order chi connectivity index (χ0) is 14.1. The first-order chi connectivity index (χ1) is 8.97. The number of rotatable bonds is 7. The summed E-state index contributed by atoms with van der Waals surface area (Å²) in [5.74, 6) is 0. The Labute approximate surface area is 119 Å². The number of benzene rings is 1. The van der Waals surface area contributed by atoms with Gasteiger partial charge >= 0.3 is 0 Å². The van der Waals surface area contributed by atoms with Gasteiger partial charge in [0.1, 0.15) is 0 Å². The van der Waals surface area contributed by atoms with E-state index < -0.39 is 8.07 Å². The Kier molecular flexibility index (Phi) is 6.82. The second kappa shape index (κ2) is 8.13. The molecule has 0 fully saturated rings. The fraction of sp³-hybridized carbons (Fsp3) is 0.412. The molecule has 104 valence electrons. The minimum atomic E-state index is -1.07. The Balaban J connectivity index is 2.21. The molecule has 0 radical (unpaired) electrons. The number of hydrogen-bond acceptors (Lipinski definition) is 1. The third kappa shape index (κ3) is 8.57. The van der Waals surface area contributed by atoms with Gasteiger partial charge in [0.05, 0.1) is 21.3 Å². The van der Waals surface area contributed by atoms with Gasteiger partial charge in [-0.25, -0.2) is 0 Å². The van der Waals surface area contributed by atoms with Crippen LogP contribution in [0.5, 0.6) is 0 Å². The van der Waals surface area contributed by atoms with E-state index in [1.807, 2.05) is 18.2 Å². The zero-order valence-corrected chi connectivity index (χ0v) is 13.6. The Bertz CT molecular complexity index is 413. The van der Waals surface area contributed by atoms with Crippen molar-refractivity contribution in [3.05, 3.63) is 59.3 Å². The maximum atomic E-state index is 5.66. The van der Waals surface area contributed by atoms with Crippen molar-refractivity contribution in [3.8, 4) is 0 Å². The van der Waals surface area contributed by atoms with E-state index in [0.717, 1.165) is 13.0 Å². The maximum Gasteiger partial charge on any atom is 0.0717 e. The van der Waals surface area contributed by atoms with E-state index in [4.69, 9.17) is 4.74 Å². The molecule has 0 saturated heterocycles. The van der Waals surface area contributed by atoms with E-state index in [-0.39, 0.29) is 0 Å². The third-order valence-corrected chi connectivity index (χ3v) is 3.85. The molecule has 1 rings (SSSR count). The topological polar surface area (TPSA) is 9.23 Å². The lowest BCUT2D eigenvalue weighted by atomic mass is 10.2. The lowest BCUT2D eigenvalue weighted by Gasteiger charge is -2.08. The van der Waals surface area contributed by atoms with Crippen LogP contribution in [0.2, 0.25) is 19.6 Å². The lowest BCUT2D eigenvalue weighted by molar-refractivity contribution is 0.125. The van der Waals surface area contributed by atoms with Crippen LogP contribution >= 0.6 is 0 Å². The molecule has 0 atom stereocenters. The number of hydrogen-bond donors (Lipinski definition) is 0. The highest BCUT2D eigenvalue weighted by Crippen LogP contribution is 2.06. The highest BCUT2D eigenvalue weighted by Gasteiger charge is 2.06. The maximum absolute atomic E-state index is 5.66. The van der Waals surface area contributed by atoms with Crippen LogP contribution in [-0.2, 0) is 11.3 Å². The van der Waals surface area contributed by atoms with Gasteiger partial charge in [-0.1, -0.05) is 73.4 Å². The molecule has 19 heavy (non-hydrogen) atoms. The van der Waals surface area contributed by atoms with Crippen molar-refractivity contribution >= 4 is 8.07 Å². The van der Waals surface area contributed by atoms with Crippen molar-refractivity contribution in [3.63, 3.8) is 0 Å². The second-order valence-electron chi connectivity index (χ2n) is 5.97. The van der Waals surface area contributed by atoms with Crippen LogP contribution in [0.4, 0.5) is 0 Å². The summed E-state index contributed by atoms with van der Waals surface area (Å²) in [4.78, 5) is 0. The van der Waals surface area contributed by atoms with Gasteiger partial charge < -0.3 is 4.74 Å². The highest BCUT2D eigenvalue weighted by atomic mass is 28.3. The summed E-state index contributed by atoms with van der Waals surface area (Å²) in [6, 6.07) is 10.3. The molecule has 1 aromatic carbocycles. The fourth-order valence-electron chi connectivity index (χ4n) is 1.58. The van der Waals surface area contributed by atoms with Crippen molar-refractivity contribution in [2.24, 2.45) is 0 Å². The SMILES string of the molecule is CC(/C=C/[Si](C)(C)C)=C\CCOCc1ccccc1. The first-order valence-electron chi connectivity index (χ1n) is 6.95. The Hall–Kier alpha value is -1.12. The average Bonchev–Trinajstić information content (AvgIpc) is 2.36. The van der Waals surface area contributed by atoms with Gasteiger partial charge in [0.25, 0.3) is 0 Å². The second-order valence-corrected chi connectivity index (χ2v) is 11.0. The molecular formula is C17H26OSi. The molecule has 0 aliphatic heterocycles. The van der Waals surface area contributed by atoms with Crippen molar-refractivity contribution < 1.29 is 4.74 Å². The molecule has 0 bridgehead atoms.